The number of nitriles is 1. The summed E-state index contributed by atoms with van der Waals surface area (Å²) in [5, 5.41) is 17.5. The molecule has 5 heterocycles. The lowest BCUT2D eigenvalue weighted by molar-refractivity contribution is -0.134. The molecule has 2 unspecified atom stereocenters. The van der Waals surface area contributed by atoms with Gasteiger partial charge in [0.2, 0.25) is 5.79 Å². The highest BCUT2D eigenvalue weighted by Crippen LogP contribution is 2.42. The maximum Gasteiger partial charge on any atom is 0.321 e. The Labute approximate surface area is 217 Å². The number of urea groups is 1. The topological polar surface area (TPSA) is 119 Å². The summed E-state index contributed by atoms with van der Waals surface area (Å²) >= 11 is 0. The fraction of sp³-hybridized carbons (Fsp3) is 0.423. The minimum absolute atomic E-state index is 0.0810. The summed E-state index contributed by atoms with van der Waals surface area (Å²) < 4.78 is 32.8. The summed E-state index contributed by atoms with van der Waals surface area (Å²) in [6.07, 6.45) is 11.4. The Hall–Kier alpha value is -4.11. The molecule has 2 amide bonds. The third-order valence-corrected chi connectivity index (χ3v) is 7.66. The van der Waals surface area contributed by atoms with Crippen LogP contribution in [0.5, 0.6) is 0 Å². The van der Waals surface area contributed by atoms with Crippen LogP contribution in [0.3, 0.4) is 0 Å². The fourth-order valence-electron chi connectivity index (χ4n) is 5.49. The van der Waals surface area contributed by atoms with E-state index in [4.69, 9.17) is 0 Å². The minimum atomic E-state index is -2.39. The van der Waals surface area contributed by atoms with Gasteiger partial charge in [0.15, 0.2) is 6.17 Å². The predicted octanol–water partition coefficient (Wildman–Crippen LogP) is 3.40. The Kier molecular flexibility index (Phi) is 5.95. The van der Waals surface area contributed by atoms with Crippen LogP contribution in [0.4, 0.5) is 13.6 Å². The van der Waals surface area contributed by atoms with Crippen molar-refractivity contribution in [1.29, 1.82) is 5.26 Å². The van der Waals surface area contributed by atoms with Gasteiger partial charge in [0.05, 0.1) is 24.4 Å². The van der Waals surface area contributed by atoms with Crippen LogP contribution in [-0.4, -0.2) is 78.7 Å². The van der Waals surface area contributed by atoms with E-state index >= 15 is 8.78 Å². The highest BCUT2D eigenvalue weighted by molar-refractivity contribution is 5.90. The van der Waals surface area contributed by atoms with Crippen LogP contribution in [0.25, 0.3) is 22.3 Å². The lowest BCUT2D eigenvalue weighted by Gasteiger charge is -2.54. The number of allylic oxidation sites excluding steroid dienone is 1. The van der Waals surface area contributed by atoms with Crippen molar-refractivity contribution in [2.24, 2.45) is 0 Å². The monoisotopic (exact) mass is 519 g/mol. The molecule has 2 atom stereocenters. The fourth-order valence-corrected chi connectivity index (χ4v) is 5.49. The Bertz CT molecular complexity index is 1460. The molecular weight excluding hydrogens is 492 g/mol. The molecule has 196 valence electrons. The van der Waals surface area contributed by atoms with Crippen molar-refractivity contribution in [2.45, 2.75) is 43.2 Å². The average Bonchev–Trinajstić information content (AvgIpc) is 3.59. The van der Waals surface area contributed by atoms with Gasteiger partial charge in [0.1, 0.15) is 17.5 Å². The third kappa shape index (κ3) is 4.03. The van der Waals surface area contributed by atoms with Crippen LogP contribution in [0.1, 0.15) is 25.7 Å². The lowest BCUT2D eigenvalue weighted by Crippen LogP contribution is -2.70. The number of halogens is 2. The first kappa shape index (κ1) is 24.2. The second kappa shape index (κ2) is 9.33. The van der Waals surface area contributed by atoms with Gasteiger partial charge in [0.25, 0.3) is 0 Å². The number of likely N-dealkylation sites (tertiary alicyclic amines) is 2. The van der Waals surface area contributed by atoms with Crippen molar-refractivity contribution in [3.63, 3.8) is 0 Å². The summed E-state index contributed by atoms with van der Waals surface area (Å²) in [5.74, 6) is -2.39. The van der Waals surface area contributed by atoms with Crippen LogP contribution in [0, 0.1) is 11.3 Å². The van der Waals surface area contributed by atoms with E-state index in [-0.39, 0.29) is 31.2 Å². The molecule has 2 fully saturated rings. The van der Waals surface area contributed by atoms with Crippen LogP contribution in [0.2, 0.25) is 0 Å². The van der Waals surface area contributed by atoms with Crippen LogP contribution >= 0.6 is 0 Å². The number of amides is 2. The molecule has 0 saturated carbocycles. The number of rotatable bonds is 5. The largest absolute Gasteiger partial charge is 0.346 e. The number of nitrogens with zero attached hydrogens (tertiary/aromatic N) is 7. The van der Waals surface area contributed by atoms with Gasteiger partial charge in [-0.1, -0.05) is 0 Å². The SMILES string of the molecule is N#CCC1(n2cc(-c3ncnc4[nH]ccc34)cn2)CN(C2(F)C=CC(NC(=O)N3CCCCC3)=CC2F)C1. The molecule has 0 bridgehead atoms. The zero-order valence-corrected chi connectivity index (χ0v) is 20.6. The summed E-state index contributed by atoms with van der Waals surface area (Å²) in [6, 6.07) is 3.75. The number of nitrogens with one attached hydrogen (secondary N) is 2. The molecule has 3 aromatic rings. The highest BCUT2D eigenvalue weighted by atomic mass is 19.2. The first-order chi connectivity index (χ1) is 18.4. The number of carbonyl (C=O) groups is 1. The quantitative estimate of drug-likeness (QED) is 0.499. The number of piperidine rings is 1. The van der Waals surface area contributed by atoms with Crippen molar-refractivity contribution in [3.8, 4) is 17.3 Å². The van der Waals surface area contributed by atoms with Crippen molar-refractivity contribution in [1.82, 2.24) is 39.8 Å². The number of H-pyrrole nitrogens is 1. The molecule has 10 nitrogen and oxygen atoms in total. The number of alkyl halides is 2. The molecule has 3 aliphatic rings. The van der Waals surface area contributed by atoms with Crippen LogP contribution < -0.4 is 5.32 Å². The Morgan fingerprint density at radius 2 is 2.08 bits per heavy atom. The van der Waals surface area contributed by atoms with E-state index in [1.54, 1.807) is 28.2 Å². The van der Waals surface area contributed by atoms with Crippen LogP contribution in [-0.2, 0) is 5.54 Å². The van der Waals surface area contributed by atoms with Gasteiger partial charge in [-0.05, 0) is 43.6 Å². The van der Waals surface area contributed by atoms with E-state index < -0.39 is 17.5 Å². The Morgan fingerprint density at radius 1 is 1.26 bits per heavy atom. The lowest BCUT2D eigenvalue weighted by atomic mass is 9.83. The number of aromatic amines is 1. The molecule has 2 saturated heterocycles. The maximum atomic E-state index is 15.9. The predicted molar refractivity (Wildman–Crippen MR) is 135 cm³/mol. The van der Waals surface area contributed by atoms with Gasteiger partial charge in [-0.3, -0.25) is 9.58 Å². The summed E-state index contributed by atoms with van der Waals surface area (Å²) in [5.41, 5.74) is 1.55. The van der Waals surface area contributed by atoms with Crippen molar-refractivity contribution in [2.75, 3.05) is 26.2 Å². The Balaban J connectivity index is 1.17. The van der Waals surface area contributed by atoms with E-state index in [9.17, 15) is 10.1 Å². The second-order valence-corrected chi connectivity index (χ2v) is 10.1. The number of hydrogen-bond donors (Lipinski definition) is 2. The number of fused-ring (bicyclic) bond motifs is 1. The molecule has 2 N–H and O–H groups in total. The van der Waals surface area contributed by atoms with Gasteiger partial charge < -0.3 is 15.2 Å². The van der Waals surface area contributed by atoms with Crippen molar-refractivity contribution >= 4 is 17.1 Å². The second-order valence-electron chi connectivity index (χ2n) is 10.1. The molecular formula is C26H27F2N9O. The molecule has 1 aliphatic carbocycles. The van der Waals surface area contributed by atoms with Crippen molar-refractivity contribution in [3.05, 3.63) is 54.9 Å². The number of aromatic nitrogens is 5. The third-order valence-electron chi connectivity index (χ3n) is 7.66. The average molecular weight is 520 g/mol. The van der Waals surface area contributed by atoms with Gasteiger partial charge in [0, 0.05) is 55.2 Å². The normalized spacial score (nSPS) is 25.0. The van der Waals surface area contributed by atoms with Crippen LogP contribution in [0.15, 0.2) is 54.9 Å². The zero-order chi connectivity index (χ0) is 26.3. The van der Waals surface area contributed by atoms with E-state index in [0.29, 0.717) is 24.4 Å². The van der Waals surface area contributed by atoms with E-state index in [0.717, 1.165) is 42.4 Å². The molecule has 38 heavy (non-hydrogen) atoms. The first-order valence-corrected chi connectivity index (χ1v) is 12.7. The smallest absolute Gasteiger partial charge is 0.321 e. The highest BCUT2D eigenvalue weighted by Gasteiger charge is 2.56. The standard InChI is InChI=1S/C26H27F2N9O/c27-21-12-19(34-24(38)35-10-2-1-3-11-35)4-6-26(21,28)36-15-25(16-36,7-8-29)37-14-18(13-33-37)22-20-5-9-30-23(20)32-17-31-22/h4-6,9,12-14,17,21H,1-3,7,10-11,15-16H2,(H,34,38)(H,30,31,32). The molecule has 3 aromatic heterocycles. The van der Waals surface area contributed by atoms with Gasteiger partial charge in [-0.2, -0.15) is 10.4 Å². The molecule has 12 heteroatoms. The minimum Gasteiger partial charge on any atom is -0.346 e. The van der Waals surface area contributed by atoms with Gasteiger partial charge in [-0.15, -0.1) is 0 Å². The summed E-state index contributed by atoms with van der Waals surface area (Å²) in [6.45, 7) is 1.50. The molecule has 0 aromatic carbocycles. The van der Waals surface area contributed by atoms with E-state index in [1.807, 2.05) is 6.07 Å². The zero-order valence-electron chi connectivity index (χ0n) is 20.6. The Morgan fingerprint density at radius 3 is 2.84 bits per heavy atom. The maximum absolute atomic E-state index is 15.9. The van der Waals surface area contributed by atoms with Gasteiger partial charge in [-0.25, -0.2) is 23.5 Å². The molecule has 0 radical (unpaired) electrons. The number of carbonyl (C=O) groups excluding carboxylic acids is 1. The molecule has 0 spiro atoms. The summed E-state index contributed by atoms with van der Waals surface area (Å²) in [4.78, 5) is 27.2. The molecule has 2 aliphatic heterocycles. The molecule has 6 rings (SSSR count). The van der Waals surface area contributed by atoms with E-state index in [1.165, 1.54) is 17.3 Å². The van der Waals surface area contributed by atoms with Crippen molar-refractivity contribution < 1.29 is 13.6 Å². The first-order valence-electron chi connectivity index (χ1n) is 12.7. The van der Waals surface area contributed by atoms with Gasteiger partial charge >= 0.3 is 6.03 Å². The van der Waals surface area contributed by atoms with E-state index in [2.05, 4.69) is 31.4 Å². The summed E-state index contributed by atoms with van der Waals surface area (Å²) in [7, 11) is 0. The number of hydrogen-bond acceptors (Lipinski definition) is 6.